The second kappa shape index (κ2) is 8.13. The number of aromatic nitrogens is 7. The second-order valence-corrected chi connectivity index (χ2v) is 8.77. The molecule has 1 aliphatic rings. The Bertz CT molecular complexity index is 1430. The fraction of sp³-hybridized carbons (Fsp3) is 0.238. The van der Waals surface area contributed by atoms with Crippen molar-refractivity contribution < 1.29 is 9.21 Å². The third kappa shape index (κ3) is 3.96. The van der Waals surface area contributed by atoms with E-state index in [-0.39, 0.29) is 18.2 Å². The number of hydrogen-bond donors (Lipinski definition) is 3. The van der Waals surface area contributed by atoms with Crippen molar-refractivity contribution in [2.75, 3.05) is 11.9 Å². The number of hydrogen-bond acceptors (Lipinski definition) is 9. The molecule has 5 heterocycles. The van der Waals surface area contributed by atoms with Crippen LogP contribution in [0.4, 0.5) is 5.13 Å². The lowest BCUT2D eigenvalue weighted by Crippen LogP contribution is -2.37. The molecule has 0 radical (unpaired) electrons. The van der Waals surface area contributed by atoms with Crippen molar-refractivity contribution >= 4 is 33.3 Å². The van der Waals surface area contributed by atoms with Gasteiger partial charge in [-0.15, -0.1) is 10.2 Å². The van der Waals surface area contributed by atoms with Crippen LogP contribution in [0, 0.1) is 0 Å². The summed E-state index contributed by atoms with van der Waals surface area (Å²) in [6.07, 6.45) is 4.35. The minimum atomic E-state index is -0.0791. The summed E-state index contributed by atoms with van der Waals surface area (Å²) >= 11 is 1.42. The number of nitrogens with one attached hydrogen (secondary N) is 3. The molecule has 0 atom stereocenters. The first kappa shape index (κ1) is 19.6. The summed E-state index contributed by atoms with van der Waals surface area (Å²) in [4.78, 5) is 22.7. The van der Waals surface area contributed by atoms with Crippen LogP contribution in [-0.4, -0.2) is 52.9 Å². The second-order valence-electron chi connectivity index (χ2n) is 7.74. The van der Waals surface area contributed by atoms with E-state index in [0.29, 0.717) is 31.9 Å². The molecule has 1 amide bonds. The largest absolute Gasteiger partial charge is 0.419 e. The SMILES string of the molecule is O=C(Cc1nnc(-c2cnc(NCc3ccc4cc[nH]c4c3)s2)o1)N1CCc2n[nH]nc2C1. The third-order valence-electron chi connectivity index (χ3n) is 5.56. The van der Waals surface area contributed by atoms with Crippen LogP contribution in [0.3, 0.4) is 0 Å². The van der Waals surface area contributed by atoms with Crippen LogP contribution in [0.1, 0.15) is 22.8 Å². The van der Waals surface area contributed by atoms with E-state index in [2.05, 4.69) is 59.1 Å². The number of benzene rings is 1. The molecule has 1 aliphatic heterocycles. The van der Waals surface area contributed by atoms with E-state index in [1.807, 2.05) is 12.3 Å². The number of rotatable bonds is 6. The topological polar surface area (TPSA) is 142 Å². The average Bonchev–Trinajstić information content (AvgIpc) is 3.63. The predicted octanol–water partition coefficient (Wildman–Crippen LogP) is 2.53. The standard InChI is InChI=1S/C21H19N9O2S/c31-19(30-6-4-14-16(11-30)26-29-25-14)8-18-27-28-20(32-18)17-10-24-21(33-17)23-9-12-1-2-13-3-5-22-15(13)7-12/h1-3,5,7,10,22H,4,6,8-9,11H2,(H,23,24)(H,25,26,29). The molecule has 0 spiro atoms. The third-order valence-corrected chi connectivity index (χ3v) is 6.51. The van der Waals surface area contributed by atoms with Crippen LogP contribution >= 0.6 is 11.3 Å². The molecule has 4 aromatic heterocycles. The number of fused-ring (bicyclic) bond motifs is 2. The summed E-state index contributed by atoms with van der Waals surface area (Å²) in [6.45, 7) is 1.68. The zero-order chi connectivity index (χ0) is 22.2. The molecular weight excluding hydrogens is 442 g/mol. The summed E-state index contributed by atoms with van der Waals surface area (Å²) in [5.74, 6) is 0.557. The highest BCUT2D eigenvalue weighted by atomic mass is 32.1. The Morgan fingerprint density at radius 3 is 3.12 bits per heavy atom. The van der Waals surface area contributed by atoms with E-state index in [1.54, 1.807) is 11.1 Å². The van der Waals surface area contributed by atoms with Gasteiger partial charge in [0.25, 0.3) is 5.89 Å². The molecule has 0 fully saturated rings. The van der Waals surface area contributed by atoms with E-state index in [1.165, 1.54) is 16.7 Å². The van der Waals surface area contributed by atoms with Gasteiger partial charge in [0.15, 0.2) is 5.13 Å². The number of anilines is 1. The predicted molar refractivity (Wildman–Crippen MR) is 120 cm³/mol. The Morgan fingerprint density at radius 1 is 1.21 bits per heavy atom. The Hall–Kier alpha value is -4.06. The zero-order valence-corrected chi connectivity index (χ0v) is 18.2. The lowest BCUT2D eigenvalue weighted by molar-refractivity contribution is -0.131. The molecular formula is C21H19N9O2S. The lowest BCUT2D eigenvalue weighted by Gasteiger charge is -2.24. The normalized spacial score (nSPS) is 13.4. The monoisotopic (exact) mass is 461 g/mol. The first-order chi connectivity index (χ1) is 16.2. The molecule has 166 valence electrons. The number of thiazole rings is 1. The van der Waals surface area contributed by atoms with Crippen LogP contribution in [0.2, 0.25) is 0 Å². The van der Waals surface area contributed by atoms with E-state index in [4.69, 9.17) is 4.42 Å². The fourth-order valence-electron chi connectivity index (χ4n) is 3.82. The van der Waals surface area contributed by atoms with Gasteiger partial charge >= 0.3 is 0 Å². The molecule has 33 heavy (non-hydrogen) atoms. The Labute approximate surface area is 191 Å². The van der Waals surface area contributed by atoms with E-state index >= 15 is 0 Å². The van der Waals surface area contributed by atoms with Gasteiger partial charge in [-0.05, 0) is 23.1 Å². The molecule has 0 saturated carbocycles. The molecule has 6 rings (SSSR count). The van der Waals surface area contributed by atoms with Gasteiger partial charge in [0.05, 0.1) is 18.4 Å². The highest BCUT2D eigenvalue weighted by Crippen LogP contribution is 2.28. The first-order valence-corrected chi connectivity index (χ1v) is 11.3. The smallest absolute Gasteiger partial charge is 0.259 e. The minimum Gasteiger partial charge on any atom is -0.419 e. The quantitative estimate of drug-likeness (QED) is 0.350. The molecule has 12 heteroatoms. The van der Waals surface area contributed by atoms with E-state index < -0.39 is 0 Å². The van der Waals surface area contributed by atoms with Gasteiger partial charge in [0.1, 0.15) is 17.0 Å². The van der Waals surface area contributed by atoms with Gasteiger partial charge in [0.2, 0.25) is 11.8 Å². The maximum atomic E-state index is 12.7. The van der Waals surface area contributed by atoms with Crippen molar-refractivity contribution in [3.8, 4) is 10.8 Å². The van der Waals surface area contributed by atoms with Gasteiger partial charge < -0.3 is 19.6 Å². The molecule has 0 unspecified atom stereocenters. The lowest BCUT2D eigenvalue weighted by atomic mass is 10.1. The van der Waals surface area contributed by atoms with E-state index in [9.17, 15) is 4.79 Å². The van der Waals surface area contributed by atoms with Crippen LogP contribution < -0.4 is 5.32 Å². The highest BCUT2D eigenvalue weighted by molar-refractivity contribution is 7.18. The summed E-state index contributed by atoms with van der Waals surface area (Å²) in [6, 6.07) is 8.34. The van der Waals surface area contributed by atoms with Crippen LogP contribution in [0.25, 0.3) is 21.7 Å². The number of nitrogens with zero attached hydrogens (tertiary/aromatic N) is 6. The van der Waals surface area contributed by atoms with Crippen molar-refractivity contribution in [3.05, 3.63) is 59.5 Å². The minimum absolute atomic E-state index is 0.0469. The molecule has 0 bridgehead atoms. The highest BCUT2D eigenvalue weighted by Gasteiger charge is 2.25. The van der Waals surface area contributed by atoms with Crippen molar-refractivity contribution in [1.82, 2.24) is 40.5 Å². The van der Waals surface area contributed by atoms with Gasteiger partial charge in [-0.3, -0.25) is 4.79 Å². The molecule has 0 aliphatic carbocycles. The molecule has 0 saturated heterocycles. The number of carbonyl (C=O) groups is 1. The van der Waals surface area contributed by atoms with Crippen molar-refractivity contribution in [2.45, 2.75) is 25.9 Å². The van der Waals surface area contributed by atoms with Crippen LogP contribution in [0.15, 0.2) is 41.1 Å². The van der Waals surface area contributed by atoms with E-state index in [0.717, 1.165) is 32.5 Å². The van der Waals surface area contributed by atoms with Gasteiger partial charge in [0, 0.05) is 31.2 Å². The van der Waals surface area contributed by atoms with Gasteiger partial charge in [-0.25, -0.2) is 4.98 Å². The summed E-state index contributed by atoms with van der Waals surface area (Å²) < 4.78 is 5.74. The van der Waals surface area contributed by atoms with Crippen molar-refractivity contribution in [2.24, 2.45) is 0 Å². The Balaban J connectivity index is 1.08. The number of H-pyrrole nitrogens is 2. The number of carbonyl (C=O) groups excluding carboxylic acids is 1. The molecule has 5 aromatic rings. The number of amides is 1. The first-order valence-electron chi connectivity index (χ1n) is 10.5. The molecule has 1 aromatic carbocycles. The zero-order valence-electron chi connectivity index (χ0n) is 17.4. The fourth-order valence-corrected chi connectivity index (χ4v) is 4.55. The summed E-state index contributed by atoms with van der Waals surface area (Å²) in [5.41, 5.74) is 3.97. The number of aromatic amines is 2. The maximum absolute atomic E-state index is 12.7. The van der Waals surface area contributed by atoms with Gasteiger partial charge in [-0.2, -0.15) is 15.4 Å². The van der Waals surface area contributed by atoms with Crippen molar-refractivity contribution in [1.29, 1.82) is 0 Å². The summed E-state index contributed by atoms with van der Waals surface area (Å²) in [5, 5.41) is 24.2. The molecule has 11 nitrogen and oxygen atoms in total. The van der Waals surface area contributed by atoms with Gasteiger partial charge in [-0.1, -0.05) is 23.5 Å². The molecule has 3 N–H and O–H groups in total. The van der Waals surface area contributed by atoms with Crippen LogP contribution in [0.5, 0.6) is 0 Å². The van der Waals surface area contributed by atoms with Crippen LogP contribution in [-0.2, 0) is 30.7 Å². The maximum Gasteiger partial charge on any atom is 0.259 e. The summed E-state index contributed by atoms with van der Waals surface area (Å²) in [7, 11) is 0. The Kier molecular flexibility index (Phi) is 4.83. The average molecular weight is 462 g/mol. The van der Waals surface area contributed by atoms with Crippen molar-refractivity contribution in [3.63, 3.8) is 0 Å². The Morgan fingerprint density at radius 2 is 2.15 bits per heavy atom.